The minimum Gasteiger partial charge on any atom is -0.462 e. The van der Waals surface area contributed by atoms with E-state index in [1.165, 1.54) is 12.8 Å². The number of likely N-dealkylation sites (N-methyl/N-ethyl adjacent to an activating group) is 1. The predicted octanol–water partition coefficient (Wildman–Crippen LogP) is 3.09. The molecule has 1 heterocycles. The Labute approximate surface area is 144 Å². The maximum atomic E-state index is 12.9. The van der Waals surface area contributed by atoms with Gasteiger partial charge in [-0.25, -0.2) is 4.79 Å². The first-order valence-electron chi connectivity index (χ1n) is 9.27. The smallest absolute Gasteiger partial charge is 0.343 e. The fraction of sp³-hybridized carbons (Fsp3) is 0.650. The zero-order valence-corrected chi connectivity index (χ0v) is 14.6. The van der Waals surface area contributed by atoms with Crippen LogP contribution in [0.3, 0.4) is 0 Å². The van der Waals surface area contributed by atoms with Crippen LogP contribution in [0.4, 0.5) is 0 Å². The van der Waals surface area contributed by atoms with Crippen molar-refractivity contribution in [3.8, 4) is 0 Å². The third-order valence-corrected chi connectivity index (χ3v) is 5.80. The summed E-state index contributed by atoms with van der Waals surface area (Å²) in [4.78, 5) is 15.2. The molecule has 4 nitrogen and oxygen atoms in total. The molecule has 0 radical (unpaired) electrons. The van der Waals surface area contributed by atoms with E-state index in [1.54, 1.807) is 0 Å². The van der Waals surface area contributed by atoms with E-state index in [0.717, 1.165) is 38.6 Å². The van der Waals surface area contributed by atoms with Crippen molar-refractivity contribution >= 4 is 5.97 Å². The van der Waals surface area contributed by atoms with Crippen molar-refractivity contribution in [1.29, 1.82) is 0 Å². The second kappa shape index (κ2) is 7.66. The van der Waals surface area contributed by atoms with Crippen LogP contribution in [0.25, 0.3) is 0 Å². The topological polar surface area (TPSA) is 49.8 Å². The standard InChI is InChI=1S/C20H29NO3/c1-21-14-8-7-13-18(21)15-24-19(22)20(23,17-11-5-6-12-17)16-9-3-2-4-10-16/h2-4,9-10,17-18,23H,5-8,11-15H2,1H3/t18-,20+/m0/s1. The van der Waals surface area contributed by atoms with Crippen molar-refractivity contribution in [3.63, 3.8) is 0 Å². The molecule has 24 heavy (non-hydrogen) atoms. The lowest BCUT2D eigenvalue weighted by molar-refractivity contribution is -0.175. The Bertz CT molecular complexity index is 541. The van der Waals surface area contributed by atoms with Gasteiger partial charge in [-0.2, -0.15) is 0 Å². The molecule has 2 aliphatic rings. The predicted molar refractivity (Wildman–Crippen MR) is 93.5 cm³/mol. The minimum atomic E-state index is -1.51. The Kier molecular flexibility index (Phi) is 5.57. The van der Waals surface area contributed by atoms with Crippen LogP contribution in [0.1, 0.15) is 50.5 Å². The first kappa shape index (κ1) is 17.4. The maximum absolute atomic E-state index is 12.9. The van der Waals surface area contributed by atoms with Gasteiger partial charge in [-0.05, 0) is 44.8 Å². The number of piperidine rings is 1. The van der Waals surface area contributed by atoms with Crippen molar-refractivity contribution in [2.75, 3.05) is 20.2 Å². The molecule has 2 fully saturated rings. The molecule has 1 aromatic carbocycles. The van der Waals surface area contributed by atoms with Crippen LogP contribution >= 0.6 is 0 Å². The third-order valence-electron chi connectivity index (χ3n) is 5.80. The molecule has 1 aromatic rings. The summed E-state index contributed by atoms with van der Waals surface area (Å²) in [6.45, 7) is 1.42. The summed E-state index contributed by atoms with van der Waals surface area (Å²) in [6, 6.07) is 9.60. The Hall–Kier alpha value is -1.39. The van der Waals surface area contributed by atoms with Gasteiger partial charge in [0.05, 0.1) is 0 Å². The van der Waals surface area contributed by atoms with Crippen LogP contribution < -0.4 is 0 Å². The van der Waals surface area contributed by atoms with Crippen LogP contribution in [0.2, 0.25) is 0 Å². The molecule has 0 amide bonds. The largest absolute Gasteiger partial charge is 0.462 e. The maximum Gasteiger partial charge on any atom is 0.343 e. The number of rotatable bonds is 5. The first-order chi connectivity index (χ1) is 11.6. The molecule has 0 unspecified atom stereocenters. The van der Waals surface area contributed by atoms with Gasteiger partial charge in [0.2, 0.25) is 0 Å². The van der Waals surface area contributed by atoms with Gasteiger partial charge in [-0.3, -0.25) is 0 Å². The number of hydrogen-bond acceptors (Lipinski definition) is 4. The van der Waals surface area contributed by atoms with Crippen molar-refractivity contribution < 1.29 is 14.6 Å². The number of benzene rings is 1. The van der Waals surface area contributed by atoms with Crippen LogP contribution in [0, 0.1) is 5.92 Å². The van der Waals surface area contributed by atoms with Gasteiger partial charge in [-0.15, -0.1) is 0 Å². The van der Waals surface area contributed by atoms with Crippen LogP contribution in [0.15, 0.2) is 30.3 Å². The molecule has 3 rings (SSSR count). The van der Waals surface area contributed by atoms with Gasteiger partial charge in [-0.1, -0.05) is 49.6 Å². The molecule has 0 aromatic heterocycles. The average Bonchev–Trinajstić information content (AvgIpc) is 3.16. The van der Waals surface area contributed by atoms with Gasteiger partial charge in [0, 0.05) is 12.0 Å². The van der Waals surface area contributed by atoms with E-state index in [4.69, 9.17) is 4.74 Å². The van der Waals surface area contributed by atoms with Crippen molar-refractivity contribution in [2.45, 2.75) is 56.6 Å². The number of ether oxygens (including phenoxy) is 1. The van der Waals surface area contributed by atoms with Gasteiger partial charge >= 0.3 is 5.97 Å². The van der Waals surface area contributed by atoms with E-state index >= 15 is 0 Å². The van der Waals surface area contributed by atoms with Crippen molar-refractivity contribution in [3.05, 3.63) is 35.9 Å². The zero-order valence-electron chi connectivity index (χ0n) is 14.6. The number of hydrogen-bond donors (Lipinski definition) is 1. The Morgan fingerprint density at radius 2 is 1.83 bits per heavy atom. The summed E-state index contributed by atoms with van der Waals surface area (Å²) in [5, 5.41) is 11.4. The van der Waals surface area contributed by atoms with Crippen LogP contribution in [-0.4, -0.2) is 42.2 Å². The van der Waals surface area contributed by atoms with Gasteiger partial charge in [0.1, 0.15) is 6.61 Å². The van der Waals surface area contributed by atoms with E-state index in [2.05, 4.69) is 11.9 Å². The SMILES string of the molecule is CN1CCCC[C@H]1COC(=O)[C@@](O)(c1ccccc1)C1CCCC1. The lowest BCUT2D eigenvalue weighted by Gasteiger charge is -2.35. The normalized spacial score (nSPS) is 25.3. The van der Waals surface area contributed by atoms with Gasteiger partial charge in [0.25, 0.3) is 0 Å². The second-order valence-electron chi connectivity index (χ2n) is 7.34. The molecule has 1 N–H and O–H groups in total. The molecule has 1 aliphatic heterocycles. The molecule has 2 atom stereocenters. The highest BCUT2D eigenvalue weighted by molar-refractivity contribution is 5.81. The molecule has 1 saturated heterocycles. The van der Waals surface area contributed by atoms with Crippen molar-refractivity contribution in [1.82, 2.24) is 4.90 Å². The lowest BCUT2D eigenvalue weighted by atomic mass is 9.80. The molecule has 1 aliphatic carbocycles. The number of carbonyl (C=O) groups excluding carboxylic acids is 1. The number of nitrogens with zero attached hydrogens (tertiary/aromatic N) is 1. The molecular weight excluding hydrogens is 302 g/mol. The number of likely N-dealkylation sites (tertiary alicyclic amines) is 1. The lowest BCUT2D eigenvalue weighted by Crippen LogP contribution is -2.46. The Morgan fingerprint density at radius 3 is 2.50 bits per heavy atom. The summed E-state index contributed by atoms with van der Waals surface area (Å²) in [7, 11) is 2.08. The first-order valence-corrected chi connectivity index (χ1v) is 9.27. The number of aliphatic hydroxyl groups is 1. The molecule has 0 bridgehead atoms. The number of carbonyl (C=O) groups is 1. The molecular formula is C20H29NO3. The van der Waals surface area contributed by atoms with Gasteiger partial charge < -0.3 is 14.7 Å². The summed E-state index contributed by atoms with van der Waals surface area (Å²) >= 11 is 0. The molecule has 0 spiro atoms. The number of esters is 1. The fourth-order valence-electron chi connectivity index (χ4n) is 4.19. The highest BCUT2D eigenvalue weighted by atomic mass is 16.6. The van der Waals surface area contributed by atoms with E-state index in [-0.39, 0.29) is 12.0 Å². The average molecular weight is 331 g/mol. The minimum absolute atomic E-state index is 0.0449. The summed E-state index contributed by atoms with van der Waals surface area (Å²) in [6.07, 6.45) is 7.33. The van der Waals surface area contributed by atoms with E-state index < -0.39 is 11.6 Å². The fourth-order valence-corrected chi connectivity index (χ4v) is 4.19. The van der Waals surface area contributed by atoms with Crippen LogP contribution in [-0.2, 0) is 15.1 Å². The third kappa shape index (κ3) is 3.50. The molecule has 1 saturated carbocycles. The second-order valence-corrected chi connectivity index (χ2v) is 7.34. The quantitative estimate of drug-likeness (QED) is 0.843. The molecule has 4 heteroatoms. The monoisotopic (exact) mass is 331 g/mol. The van der Waals surface area contributed by atoms with Gasteiger partial charge in [0.15, 0.2) is 5.60 Å². The van der Waals surface area contributed by atoms with E-state index in [1.807, 2.05) is 30.3 Å². The summed E-state index contributed by atoms with van der Waals surface area (Å²) in [5.41, 5.74) is -0.843. The highest BCUT2D eigenvalue weighted by Gasteiger charge is 2.48. The van der Waals surface area contributed by atoms with E-state index in [0.29, 0.717) is 12.2 Å². The summed E-state index contributed by atoms with van der Waals surface area (Å²) < 4.78 is 5.65. The summed E-state index contributed by atoms with van der Waals surface area (Å²) in [5.74, 6) is -0.518. The Morgan fingerprint density at radius 1 is 1.17 bits per heavy atom. The molecule has 132 valence electrons. The highest BCUT2D eigenvalue weighted by Crippen LogP contribution is 2.41. The Balaban J connectivity index is 1.74. The van der Waals surface area contributed by atoms with Crippen LogP contribution in [0.5, 0.6) is 0 Å². The zero-order chi connectivity index (χ0) is 17.0. The van der Waals surface area contributed by atoms with Crippen molar-refractivity contribution in [2.24, 2.45) is 5.92 Å². The van der Waals surface area contributed by atoms with E-state index in [9.17, 15) is 9.90 Å².